The van der Waals surface area contributed by atoms with E-state index in [0.29, 0.717) is 0 Å². The number of carbonyl (C=O) groups is 1. The molecule has 1 unspecified atom stereocenters. The van der Waals surface area contributed by atoms with Crippen LogP contribution in [0.5, 0.6) is 0 Å². The number of carbonyl (C=O) groups excluding carboxylic acids is 1. The minimum Gasteiger partial charge on any atom is -0.297 e. The second-order valence-corrected chi connectivity index (χ2v) is 5.90. The summed E-state index contributed by atoms with van der Waals surface area (Å²) in [5.41, 5.74) is 1.05. The van der Waals surface area contributed by atoms with E-state index in [1.54, 1.807) is 0 Å². The molecule has 13 heavy (non-hydrogen) atoms. The molecule has 1 nitrogen and oxygen atoms in total. The number of benzene rings is 1. The van der Waals surface area contributed by atoms with Crippen LogP contribution in [0.2, 0.25) is 0 Å². The van der Waals surface area contributed by atoms with Gasteiger partial charge in [-0.1, -0.05) is 69.1 Å². The fourth-order valence-electron chi connectivity index (χ4n) is 1.09. The molecule has 0 aliphatic heterocycles. The van der Waals surface area contributed by atoms with E-state index < -0.39 is 0 Å². The highest BCUT2D eigenvalue weighted by Gasteiger charge is 2.19. The lowest BCUT2D eigenvalue weighted by Gasteiger charge is -2.10. The fourth-order valence-corrected chi connectivity index (χ4v) is 1.89. The van der Waals surface area contributed by atoms with Gasteiger partial charge in [0.2, 0.25) is 0 Å². The van der Waals surface area contributed by atoms with E-state index in [0.717, 1.165) is 5.56 Å². The highest BCUT2D eigenvalue weighted by molar-refractivity contribution is 9.25. The number of ketones is 1. The summed E-state index contributed by atoms with van der Waals surface area (Å²) in [6, 6.07) is 9.75. The Morgan fingerprint density at radius 2 is 1.77 bits per heavy atom. The van der Waals surface area contributed by atoms with Gasteiger partial charge in [-0.25, -0.2) is 0 Å². The molecular weight excluding hydrogens is 296 g/mol. The fraction of sp³-hybridized carbons (Fsp3) is 0.300. The van der Waals surface area contributed by atoms with Gasteiger partial charge in [0, 0.05) is 5.92 Å². The molecule has 0 bridgehead atoms. The third kappa shape index (κ3) is 2.92. The molecule has 1 rings (SSSR count). The van der Waals surface area contributed by atoms with E-state index in [9.17, 15) is 4.79 Å². The van der Waals surface area contributed by atoms with Gasteiger partial charge in [-0.2, -0.15) is 0 Å². The highest BCUT2D eigenvalue weighted by Crippen LogP contribution is 2.22. The van der Waals surface area contributed by atoms with Crippen LogP contribution in [0.15, 0.2) is 30.3 Å². The minimum absolute atomic E-state index is 0.0649. The van der Waals surface area contributed by atoms with E-state index in [1.807, 2.05) is 37.3 Å². The van der Waals surface area contributed by atoms with Crippen LogP contribution in [-0.4, -0.2) is 9.52 Å². The summed E-state index contributed by atoms with van der Waals surface area (Å²) in [6.45, 7) is 1.91. The first-order valence-electron chi connectivity index (χ1n) is 3.99. The summed E-state index contributed by atoms with van der Waals surface area (Å²) in [7, 11) is 0. The molecule has 0 spiro atoms. The van der Waals surface area contributed by atoms with Crippen LogP contribution < -0.4 is 0 Å². The van der Waals surface area contributed by atoms with Crippen molar-refractivity contribution in [1.29, 1.82) is 0 Å². The molecule has 1 atom stereocenters. The van der Waals surface area contributed by atoms with Gasteiger partial charge in [0.05, 0.1) is 0 Å². The molecule has 0 amide bonds. The Morgan fingerprint density at radius 3 is 2.23 bits per heavy atom. The predicted octanol–water partition coefficient (Wildman–Crippen LogP) is 3.48. The molecule has 0 saturated heterocycles. The zero-order valence-electron chi connectivity index (χ0n) is 7.21. The van der Waals surface area contributed by atoms with E-state index in [4.69, 9.17) is 0 Å². The zero-order valence-corrected chi connectivity index (χ0v) is 10.4. The molecule has 0 N–H and O–H groups in total. The lowest BCUT2D eigenvalue weighted by molar-refractivity contribution is -0.118. The Bertz CT molecular complexity index is 282. The second kappa shape index (κ2) is 4.91. The lowest BCUT2D eigenvalue weighted by atomic mass is 9.98. The zero-order chi connectivity index (χ0) is 9.84. The van der Waals surface area contributed by atoms with Gasteiger partial charge in [0.25, 0.3) is 0 Å². The third-order valence-corrected chi connectivity index (χ3v) is 2.84. The molecule has 70 valence electrons. The van der Waals surface area contributed by atoms with E-state index in [2.05, 4.69) is 31.9 Å². The first-order chi connectivity index (χ1) is 6.13. The summed E-state index contributed by atoms with van der Waals surface area (Å²) < 4.78 is -0.254. The van der Waals surface area contributed by atoms with Crippen molar-refractivity contribution >= 4 is 37.6 Å². The maximum absolute atomic E-state index is 11.5. The summed E-state index contributed by atoms with van der Waals surface area (Å²) >= 11 is 6.41. The van der Waals surface area contributed by atoms with Crippen LogP contribution in [0.3, 0.4) is 0 Å². The molecule has 0 aliphatic rings. The van der Waals surface area contributed by atoms with E-state index in [-0.39, 0.29) is 15.4 Å². The Balaban J connectivity index is 2.80. The maximum atomic E-state index is 11.5. The van der Waals surface area contributed by atoms with Crippen LogP contribution in [0.1, 0.15) is 18.4 Å². The number of hydrogen-bond donors (Lipinski definition) is 0. The smallest absolute Gasteiger partial charge is 0.164 e. The summed E-state index contributed by atoms with van der Waals surface area (Å²) in [6.07, 6.45) is 0. The molecule has 1 aromatic rings. The molecule has 0 radical (unpaired) electrons. The van der Waals surface area contributed by atoms with Crippen molar-refractivity contribution in [2.45, 2.75) is 16.6 Å². The SMILES string of the molecule is CC(C(=O)C(Br)Br)c1ccccc1. The van der Waals surface area contributed by atoms with Gasteiger partial charge in [-0.05, 0) is 5.56 Å². The normalized spacial score (nSPS) is 12.9. The van der Waals surface area contributed by atoms with Gasteiger partial charge >= 0.3 is 0 Å². The van der Waals surface area contributed by atoms with Crippen molar-refractivity contribution < 1.29 is 4.79 Å². The topological polar surface area (TPSA) is 17.1 Å². The minimum atomic E-state index is -0.254. The Morgan fingerprint density at radius 1 is 1.23 bits per heavy atom. The predicted molar refractivity (Wildman–Crippen MR) is 61.5 cm³/mol. The summed E-state index contributed by atoms with van der Waals surface area (Å²) in [4.78, 5) is 11.5. The van der Waals surface area contributed by atoms with Gasteiger partial charge in [0.1, 0.15) is 3.74 Å². The van der Waals surface area contributed by atoms with Crippen LogP contribution in [0.4, 0.5) is 0 Å². The number of halogens is 2. The van der Waals surface area contributed by atoms with Gasteiger partial charge < -0.3 is 0 Å². The van der Waals surface area contributed by atoms with Crippen molar-refractivity contribution in [1.82, 2.24) is 0 Å². The van der Waals surface area contributed by atoms with Crippen molar-refractivity contribution in [3.8, 4) is 0 Å². The third-order valence-electron chi connectivity index (χ3n) is 1.94. The average molecular weight is 306 g/mol. The van der Waals surface area contributed by atoms with Crippen molar-refractivity contribution in [2.24, 2.45) is 0 Å². The Kier molecular flexibility index (Phi) is 4.13. The maximum Gasteiger partial charge on any atom is 0.164 e. The molecule has 0 fully saturated rings. The standard InChI is InChI=1S/C10H10Br2O/c1-7(9(13)10(11)12)8-5-3-2-4-6-8/h2-7,10H,1H3. The molecule has 0 heterocycles. The van der Waals surface area contributed by atoms with Gasteiger partial charge in [0.15, 0.2) is 5.78 Å². The van der Waals surface area contributed by atoms with Crippen LogP contribution in [0, 0.1) is 0 Å². The van der Waals surface area contributed by atoms with Crippen molar-refractivity contribution in [2.75, 3.05) is 0 Å². The number of alkyl halides is 2. The first kappa shape index (κ1) is 10.9. The molecular formula is C10H10Br2O. The highest BCUT2D eigenvalue weighted by atomic mass is 79.9. The second-order valence-electron chi connectivity index (χ2n) is 2.84. The van der Waals surface area contributed by atoms with E-state index >= 15 is 0 Å². The first-order valence-corrected chi connectivity index (χ1v) is 5.83. The molecule has 1 aromatic carbocycles. The average Bonchev–Trinajstić information content (AvgIpc) is 2.17. The summed E-state index contributed by atoms with van der Waals surface area (Å²) in [5.74, 6) is 0.0798. The molecule has 3 heteroatoms. The van der Waals surface area contributed by atoms with Crippen LogP contribution in [0.25, 0.3) is 0 Å². The molecule has 0 aliphatic carbocycles. The Labute approximate surface area is 94.8 Å². The Hall–Kier alpha value is -0.150. The quantitative estimate of drug-likeness (QED) is 0.782. The van der Waals surface area contributed by atoms with Gasteiger partial charge in [-0.15, -0.1) is 0 Å². The van der Waals surface area contributed by atoms with Crippen LogP contribution >= 0.6 is 31.9 Å². The largest absolute Gasteiger partial charge is 0.297 e. The van der Waals surface area contributed by atoms with Crippen molar-refractivity contribution in [3.05, 3.63) is 35.9 Å². The van der Waals surface area contributed by atoms with E-state index in [1.165, 1.54) is 0 Å². The monoisotopic (exact) mass is 304 g/mol. The molecule has 0 aromatic heterocycles. The number of Topliss-reactive ketones (excluding diaryl/α,β-unsaturated/α-hetero) is 1. The van der Waals surface area contributed by atoms with Crippen LogP contribution in [-0.2, 0) is 4.79 Å². The van der Waals surface area contributed by atoms with Crippen molar-refractivity contribution in [3.63, 3.8) is 0 Å². The number of hydrogen-bond acceptors (Lipinski definition) is 1. The molecule has 0 saturated carbocycles. The lowest BCUT2D eigenvalue weighted by Crippen LogP contribution is -2.15. The number of rotatable bonds is 3. The van der Waals surface area contributed by atoms with Gasteiger partial charge in [-0.3, -0.25) is 4.79 Å². The summed E-state index contributed by atoms with van der Waals surface area (Å²) in [5, 5.41) is 0.